The van der Waals surface area contributed by atoms with Crippen molar-refractivity contribution in [1.82, 2.24) is 5.32 Å². The molecule has 0 spiro atoms. The van der Waals surface area contributed by atoms with Gasteiger partial charge in [0.25, 0.3) is 0 Å². The summed E-state index contributed by atoms with van der Waals surface area (Å²) >= 11 is 0. The van der Waals surface area contributed by atoms with Gasteiger partial charge in [0, 0.05) is 24.1 Å². The molecule has 17 heavy (non-hydrogen) atoms. The average Bonchev–Trinajstić information content (AvgIpc) is 2.71. The largest absolute Gasteiger partial charge is 0.381 e. The molecule has 102 valence electrons. The molecule has 0 amide bonds. The van der Waals surface area contributed by atoms with Gasteiger partial charge in [-0.05, 0) is 33.6 Å². The van der Waals surface area contributed by atoms with Crippen LogP contribution in [0.5, 0.6) is 0 Å². The maximum atomic E-state index is 5.64. The van der Waals surface area contributed by atoms with Crippen molar-refractivity contribution in [1.29, 1.82) is 0 Å². The zero-order chi connectivity index (χ0) is 12.8. The van der Waals surface area contributed by atoms with Crippen molar-refractivity contribution in [2.75, 3.05) is 19.8 Å². The molecule has 2 nitrogen and oxygen atoms in total. The predicted octanol–water partition coefficient (Wildman–Crippen LogP) is 3.75. The van der Waals surface area contributed by atoms with Gasteiger partial charge in [-0.2, -0.15) is 0 Å². The van der Waals surface area contributed by atoms with Crippen LogP contribution in [0.1, 0.15) is 66.2 Å². The molecule has 1 aliphatic heterocycles. The number of rotatable bonds is 7. The van der Waals surface area contributed by atoms with Crippen LogP contribution < -0.4 is 5.32 Å². The quantitative estimate of drug-likeness (QED) is 0.685. The highest BCUT2D eigenvalue weighted by Gasteiger charge is 2.34. The standard InChI is InChI=1S/C15H31NO/c1-5-6-7-8-9-15(10-11-17-13-15)12-16-14(2,3)4/h16H,5-13H2,1-4H3. The fraction of sp³-hybridized carbons (Fsp3) is 1.00. The third kappa shape index (κ3) is 5.87. The molecule has 1 fully saturated rings. The van der Waals surface area contributed by atoms with Crippen molar-refractivity contribution in [3.8, 4) is 0 Å². The third-order valence-corrected chi connectivity index (χ3v) is 3.74. The molecule has 0 aromatic carbocycles. The van der Waals surface area contributed by atoms with E-state index in [0.717, 1.165) is 19.8 Å². The van der Waals surface area contributed by atoms with E-state index in [9.17, 15) is 0 Å². The lowest BCUT2D eigenvalue weighted by atomic mass is 9.81. The van der Waals surface area contributed by atoms with Crippen molar-refractivity contribution in [2.24, 2.45) is 5.41 Å². The van der Waals surface area contributed by atoms with Crippen LogP contribution in [0, 0.1) is 5.41 Å². The van der Waals surface area contributed by atoms with Gasteiger partial charge in [-0.15, -0.1) is 0 Å². The maximum absolute atomic E-state index is 5.64. The van der Waals surface area contributed by atoms with Crippen LogP contribution >= 0.6 is 0 Å². The lowest BCUT2D eigenvalue weighted by Gasteiger charge is -2.32. The van der Waals surface area contributed by atoms with E-state index in [1.165, 1.54) is 38.5 Å². The molecule has 0 bridgehead atoms. The normalized spacial score (nSPS) is 25.4. The molecule has 1 N–H and O–H groups in total. The molecule has 1 unspecified atom stereocenters. The first-order chi connectivity index (χ1) is 7.97. The summed E-state index contributed by atoms with van der Waals surface area (Å²) < 4.78 is 5.64. The minimum Gasteiger partial charge on any atom is -0.381 e. The van der Waals surface area contributed by atoms with Crippen molar-refractivity contribution >= 4 is 0 Å². The van der Waals surface area contributed by atoms with Gasteiger partial charge in [-0.25, -0.2) is 0 Å². The first-order valence-corrected chi connectivity index (χ1v) is 7.30. The van der Waals surface area contributed by atoms with E-state index in [0.29, 0.717) is 5.41 Å². The van der Waals surface area contributed by atoms with Gasteiger partial charge in [0.15, 0.2) is 0 Å². The lowest BCUT2D eigenvalue weighted by molar-refractivity contribution is 0.136. The van der Waals surface area contributed by atoms with Crippen LogP contribution in [-0.4, -0.2) is 25.3 Å². The fourth-order valence-electron chi connectivity index (χ4n) is 2.45. The Kier molecular flexibility index (Phi) is 5.94. The van der Waals surface area contributed by atoms with Crippen molar-refractivity contribution in [2.45, 2.75) is 71.8 Å². The lowest BCUT2D eigenvalue weighted by Crippen LogP contribution is -2.44. The Morgan fingerprint density at radius 1 is 1.18 bits per heavy atom. The van der Waals surface area contributed by atoms with Crippen LogP contribution in [0.15, 0.2) is 0 Å². The van der Waals surface area contributed by atoms with Crippen molar-refractivity contribution < 1.29 is 4.74 Å². The summed E-state index contributed by atoms with van der Waals surface area (Å²) in [4.78, 5) is 0. The average molecular weight is 241 g/mol. The molecule has 1 heterocycles. The number of hydrogen-bond donors (Lipinski definition) is 1. The second kappa shape index (κ2) is 6.75. The number of hydrogen-bond acceptors (Lipinski definition) is 2. The van der Waals surface area contributed by atoms with Crippen LogP contribution in [-0.2, 0) is 4.74 Å². The molecule has 1 aliphatic rings. The molecule has 1 atom stereocenters. The molecule has 0 saturated carbocycles. The maximum Gasteiger partial charge on any atom is 0.0535 e. The van der Waals surface area contributed by atoms with E-state index < -0.39 is 0 Å². The Labute approximate surface area is 108 Å². The topological polar surface area (TPSA) is 21.3 Å². The summed E-state index contributed by atoms with van der Waals surface area (Å²) in [5.74, 6) is 0. The van der Waals surface area contributed by atoms with Crippen LogP contribution in [0.25, 0.3) is 0 Å². The fourth-order valence-corrected chi connectivity index (χ4v) is 2.45. The van der Waals surface area contributed by atoms with Crippen LogP contribution in [0.4, 0.5) is 0 Å². The monoisotopic (exact) mass is 241 g/mol. The molecule has 2 heteroatoms. The Hall–Kier alpha value is -0.0800. The van der Waals surface area contributed by atoms with Gasteiger partial charge in [-0.3, -0.25) is 0 Å². The predicted molar refractivity (Wildman–Crippen MR) is 74.4 cm³/mol. The Bertz CT molecular complexity index is 201. The van der Waals surface area contributed by atoms with Crippen molar-refractivity contribution in [3.63, 3.8) is 0 Å². The van der Waals surface area contributed by atoms with Gasteiger partial charge in [0.1, 0.15) is 0 Å². The molecule has 0 aromatic rings. The zero-order valence-corrected chi connectivity index (χ0v) is 12.3. The van der Waals surface area contributed by atoms with Gasteiger partial charge in [0.05, 0.1) is 6.61 Å². The molecular weight excluding hydrogens is 210 g/mol. The molecule has 0 aliphatic carbocycles. The Morgan fingerprint density at radius 3 is 2.47 bits per heavy atom. The number of nitrogens with one attached hydrogen (secondary N) is 1. The minimum absolute atomic E-state index is 0.221. The number of ether oxygens (including phenoxy) is 1. The van der Waals surface area contributed by atoms with E-state index in [2.05, 4.69) is 33.0 Å². The molecule has 0 radical (unpaired) electrons. The highest BCUT2D eigenvalue weighted by atomic mass is 16.5. The van der Waals surface area contributed by atoms with E-state index in [1.807, 2.05) is 0 Å². The van der Waals surface area contributed by atoms with Gasteiger partial charge >= 0.3 is 0 Å². The van der Waals surface area contributed by atoms with E-state index >= 15 is 0 Å². The summed E-state index contributed by atoms with van der Waals surface area (Å²) in [6.07, 6.45) is 8.02. The summed E-state index contributed by atoms with van der Waals surface area (Å²) in [5.41, 5.74) is 0.639. The SMILES string of the molecule is CCCCCCC1(CNC(C)(C)C)CCOC1. The number of unbranched alkanes of at least 4 members (excludes halogenated alkanes) is 3. The highest BCUT2D eigenvalue weighted by molar-refractivity contribution is 4.87. The Balaban J connectivity index is 2.34. The molecule has 0 aromatic heterocycles. The van der Waals surface area contributed by atoms with Gasteiger partial charge in [-0.1, -0.05) is 32.6 Å². The van der Waals surface area contributed by atoms with E-state index in [4.69, 9.17) is 4.74 Å². The Morgan fingerprint density at radius 2 is 1.94 bits per heavy atom. The molecular formula is C15H31NO. The molecule has 1 rings (SSSR count). The van der Waals surface area contributed by atoms with Crippen molar-refractivity contribution in [3.05, 3.63) is 0 Å². The second-order valence-electron chi connectivity index (χ2n) is 6.72. The summed E-state index contributed by atoms with van der Waals surface area (Å²) in [7, 11) is 0. The van der Waals surface area contributed by atoms with E-state index in [-0.39, 0.29) is 5.54 Å². The van der Waals surface area contributed by atoms with Crippen LogP contribution in [0.2, 0.25) is 0 Å². The minimum atomic E-state index is 0.221. The third-order valence-electron chi connectivity index (χ3n) is 3.74. The second-order valence-corrected chi connectivity index (χ2v) is 6.72. The van der Waals surface area contributed by atoms with E-state index in [1.54, 1.807) is 0 Å². The van der Waals surface area contributed by atoms with Crippen LogP contribution in [0.3, 0.4) is 0 Å². The molecule has 1 saturated heterocycles. The first-order valence-electron chi connectivity index (χ1n) is 7.30. The first kappa shape index (κ1) is 15.0. The highest BCUT2D eigenvalue weighted by Crippen LogP contribution is 2.34. The summed E-state index contributed by atoms with van der Waals surface area (Å²) in [5, 5.41) is 3.67. The zero-order valence-electron chi connectivity index (χ0n) is 12.3. The smallest absolute Gasteiger partial charge is 0.0535 e. The van der Waals surface area contributed by atoms with Gasteiger partial charge < -0.3 is 10.1 Å². The summed E-state index contributed by atoms with van der Waals surface area (Å²) in [6.45, 7) is 12.0. The summed E-state index contributed by atoms with van der Waals surface area (Å²) in [6, 6.07) is 0. The van der Waals surface area contributed by atoms with Gasteiger partial charge in [0.2, 0.25) is 0 Å².